The van der Waals surface area contributed by atoms with E-state index in [4.69, 9.17) is 5.26 Å². The maximum absolute atomic E-state index is 9.02. The van der Waals surface area contributed by atoms with Crippen molar-refractivity contribution < 1.29 is 0 Å². The van der Waals surface area contributed by atoms with E-state index in [9.17, 15) is 0 Å². The number of benzene rings is 1. The molecule has 0 aliphatic heterocycles. The first-order chi connectivity index (χ1) is 7.86. The maximum atomic E-state index is 9.02. The number of aliphatic imine (C=N–C) groups is 1. The molecule has 0 aliphatic carbocycles. The van der Waals surface area contributed by atoms with Crippen molar-refractivity contribution in [1.82, 2.24) is 4.57 Å². The fourth-order valence-electron chi connectivity index (χ4n) is 1.77. The van der Waals surface area contributed by atoms with Crippen LogP contribution in [0.15, 0.2) is 35.5 Å². The Bertz CT molecular complexity index is 600. The van der Waals surface area contributed by atoms with Crippen LogP contribution in [-0.4, -0.2) is 16.3 Å². The van der Waals surface area contributed by atoms with E-state index in [1.165, 1.54) is 0 Å². The zero-order valence-electron chi connectivity index (χ0n) is 8.55. The molecule has 2 rings (SSSR count). The predicted octanol–water partition coefficient (Wildman–Crippen LogP) is 2.62. The van der Waals surface area contributed by atoms with Crippen LogP contribution in [0.4, 0.5) is 0 Å². The molecule has 3 nitrogen and oxygen atoms in total. The van der Waals surface area contributed by atoms with E-state index in [1.807, 2.05) is 30.5 Å². The fraction of sp³-hybridized carbons (Fsp3) is 0.167. The highest BCUT2D eigenvalue weighted by Crippen LogP contribution is 2.20. The lowest BCUT2D eigenvalue weighted by Gasteiger charge is -1.98. The molecule has 1 heterocycles. The van der Waals surface area contributed by atoms with Gasteiger partial charge in [-0.2, -0.15) is 5.26 Å². The summed E-state index contributed by atoms with van der Waals surface area (Å²) < 4.78 is 1.59. The molecule has 16 heavy (non-hydrogen) atoms. The summed E-state index contributed by atoms with van der Waals surface area (Å²) in [5.41, 5.74) is 0.979. The molecule has 0 saturated carbocycles. The topological polar surface area (TPSA) is 41.1 Å². The van der Waals surface area contributed by atoms with Crippen molar-refractivity contribution in [2.45, 2.75) is 6.42 Å². The van der Waals surface area contributed by atoms with E-state index in [2.05, 4.69) is 28.6 Å². The molecule has 0 radical (unpaired) electrons. The smallest absolute Gasteiger partial charge is 0.188 e. The second-order valence-electron chi connectivity index (χ2n) is 3.36. The number of aromatic nitrogens is 1. The molecule has 0 unspecified atom stereocenters. The van der Waals surface area contributed by atoms with Gasteiger partial charge in [0, 0.05) is 29.1 Å². The fourth-order valence-corrected chi connectivity index (χ4v) is 1.86. The third-order valence-corrected chi connectivity index (χ3v) is 2.59. The highest BCUT2D eigenvalue weighted by Gasteiger charge is 2.07. The average molecular weight is 227 g/mol. The minimum Gasteiger partial charge on any atom is -0.258 e. The Hall–Kier alpha value is -1.95. The minimum absolute atomic E-state index is 0.569. The lowest BCUT2D eigenvalue weighted by molar-refractivity contribution is 0.894. The Labute approximate surface area is 98.6 Å². The first kappa shape index (κ1) is 10.6. The molecule has 0 fully saturated rings. The largest absolute Gasteiger partial charge is 0.258 e. The first-order valence-electron chi connectivity index (χ1n) is 4.89. The van der Waals surface area contributed by atoms with Crippen molar-refractivity contribution in [1.29, 1.82) is 5.26 Å². The number of hydrogen-bond donors (Lipinski definition) is 0. The maximum Gasteiger partial charge on any atom is 0.188 e. The van der Waals surface area contributed by atoms with Crippen LogP contribution in [0.1, 0.15) is 5.69 Å². The summed E-state index contributed by atoms with van der Waals surface area (Å²) in [6, 6.07) is 7.94. The van der Waals surface area contributed by atoms with Crippen molar-refractivity contribution in [2.24, 2.45) is 4.99 Å². The minimum atomic E-state index is 0.569. The molecule has 2 aromatic rings. The Balaban J connectivity index is 2.48. The highest BCUT2D eigenvalue weighted by molar-refractivity contribution is 7.78. The number of nitrogens with zero attached hydrogens (tertiary/aromatic N) is 3. The van der Waals surface area contributed by atoms with E-state index in [-0.39, 0.29) is 0 Å². The molecule has 0 aliphatic rings. The van der Waals surface area contributed by atoms with E-state index in [1.54, 1.807) is 4.57 Å². The summed E-state index contributed by atoms with van der Waals surface area (Å²) >= 11 is 4.52. The number of rotatable bonds is 3. The van der Waals surface area contributed by atoms with E-state index >= 15 is 0 Å². The lowest BCUT2D eigenvalue weighted by atomic mass is 10.1. The molecular weight excluding hydrogens is 218 g/mol. The number of fused-ring (bicyclic) bond motifs is 1. The van der Waals surface area contributed by atoms with Gasteiger partial charge < -0.3 is 0 Å². The van der Waals surface area contributed by atoms with Gasteiger partial charge in [-0.05, 0) is 12.2 Å². The molecule has 1 aromatic heterocycles. The summed E-state index contributed by atoms with van der Waals surface area (Å²) in [5, 5.41) is 13.5. The van der Waals surface area contributed by atoms with Crippen molar-refractivity contribution in [3.63, 3.8) is 0 Å². The zero-order valence-corrected chi connectivity index (χ0v) is 9.37. The molecule has 78 valence electrons. The third-order valence-electron chi connectivity index (χ3n) is 2.46. The second kappa shape index (κ2) is 4.71. The van der Waals surface area contributed by atoms with Crippen LogP contribution in [0.2, 0.25) is 0 Å². The van der Waals surface area contributed by atoms with Gasteiger partial charge in [0.2, 0.25) is 0 Å². The Kier molecular flexibility index (Phi) is 3.11. The highest BCUT2D eigenvalue weighted by atomic mass is 32.1. The third kappa shape index (κ3) is 1.87. The van der Waals surface area contributed by atoms with Gasteiger partial charge in [-0.25, -0.2) is 4.99 Å². The quantitative estimate of drug-likeness (QED) is 0.597. The van der Waals surface area contributed by atoms with Gasteiger partial charge in [0.1, 0.15) is 0 Å². The van der Waals surface area contributed by atoms with Crippen molar-refractivity contribution in [3.8, 4) is 6.19 Å². The van der Waals surface area contributed by atoms with Crippen LogP contribution in [0.25, 0.3) is 10.8 Å². The zero-order chi connectivity index (χ0) is 11.4. The molecule has 0 bridgehead atoms. The van der Waals surface area contributed by atoms with Gasteiger partial charge in [-0.15, -0.1) is 0 Å². The number of thiocarbonyl (C=S) groups is 1. The van der Waals surface area contributed by atoms with Gasteiger partial charge >= 0.3 is 0 Å². The lowest BCUT2D eigenvalue weighted by Crippen LogP contribution is -1.97. The van der Waals surface area contributed by atoms with Gasteiger partial charge in [-0.1, -0.05) is 24.3 Å². The van der Waals surface area contributed by atoms with Crippen LogP contribution in [0.3, 0.4) is 0 Å². The van der Waals surface area contributed by atoms with E-state index < -0.39 is 0 Å². The summed E-state index contributed by atoms with van der Waals surface area (Å²) in [6.45, 7) is 0.569. The normalized spacial score (nSPS) is 9.69. The molecule has 1 aromatic carbocycles. The van der Waals surface area contributed by atoms with Crippen LogP contribution in [0.5, 0.6) is 0 Å². The Morgan fingerprint density at radius 3 is 2.94 bits per heavy atom. The Morgan fingerprint density at radius 2 is 2.19 bits per heavy atom. The second-order valence-corrected chi connectivity index (χ2v) is 3.54. The Morgan fingerprint density at radius 1 is 1.38 bits per heavy atom. The average Bonchev–Trinajstić information content (AvgIpc) is 2.68. The summed E-state index contributed by atoms with van der Waals surface area (Å²) in [6.07, 6.45) is 4.68. The van der Waals surface area contributed by atoms with E-state index in [0.29, 0.717) is 13.0 Å². The molecular formula is C12H9N3S. The predicted molar refractivity (Wildman–Crippen MR) is 66.5 cm³/mol. The SMILES string of the molecule is N#Cn1cc2ccccc2c1CCN=C=S. The van der Waals surface area contributed by atoms with Crippen molar-refractivity contribution in [3.05, 3.63) is 36.2 Å². The van der Waals surface area contributed by atoms with Gasteiger partial charge in [0.05, 0.1) is 11.7 Å². The summed E-state index contributed by atoms with van der Waals surface area (Å²) in [7, 11) is 0. The van der Waals surface area contributed by atoms with E-state index in [0.717, 1.165) is 16.5 Å². The summed E-state index contributed by atoms with van der Waals surface area (Å²) in [5.74, 6) is 0. The molecule has 4 heteroatoms. The van der Waals surface area contributed by atoms with Gasteiger partial charge in [0.15, 0.2) is 6.19 Å². The standard InChI is InChI=1S/C12H9N3S/c13-8-15-7-10-3-1-2-4-11(10)12(15)5-6-14-9-16/h1-4,7H,5-6H2. The number of hydrogen-bond acceptors (Lipinski definition) is 3. The van der Waals surface area contributed by atoms with Crippen LogP contribution >= 0.6 is 12.2 Å². The monoisotopic (exact) mass is 227 g/mol. The molecule has 0 spiro atoms. The van der Waals surface area contributed by atoms with Crippen LogP contribution in [-0.2, 0) is 6.42 Å². The van der Waals surface area contributed by atoms with Gasteiger partial charge in [-0.3, -0.25) is 4.57 Å². The number of nitriles is 1. The van der Waals surface area contributed by atoms with Crippen molar-refractivity contribution in [2.75, 3.05) is 6.54 Å². The molecule has 0 saturated heterocycles. The molecule has 0 amide bonds. The molecule has 0 atom stereocenters. The van der Waals surface area contributed by atoms with Crippen LogP contribution in [0, 0.1) is 11.5 Å². The number of isothiocyanates is 1. The van der Waals surface area contributed by atoms with Crippen molar-refractivity contribution >= 4 is 28.2 Å². The molecule has 0 N–H and O–H groups in total. The summed E-state index contributed by atoms with van der Waals surface area (Å²) in [4.78, 5) is 3.87. The van der Waals surface area contributed by atoms with Crippen LogP contribution < -0.4 is 0 Å². The first-order valence-corrected chi connectivity index (χ1v) is 5.30. The van der Waals surface area contributed by atoms with Gasteiger partial charge in [0.25, 0.3) is 0 Å².